The van der Waals surface area contributed by atoms with Crippen molar-refractivity contribution in [2.45, 2.75) is 23.4 Å². The summed E-state index contributed by atoms with van der Waals surface area (Å²) in [6.45, 7) is 3.07. The van der Waals surface area contributed by atoms with Crippen LogP contribution in [0.4, 0.5) is 11.5 Å². The van der Waals surface area contributed by atoms with E-state index in [-0.39, 0.29) is 0 Å². The first-order chi connectivity index (χ1) is 9.72. The van der Waals surface area contributed by atoms with Gasteiger partial charge >= 0.3 is 0 Å². The van der Waals surface area contributed by atoms with Crippen LogP contribution in [0.5, 0.6) is 0 Å². The molecular weight excluding hydrogens is 286 g/mol. The Labute approximate surface area is 128 Å². The molecule has 3 rings (SSSR count). The van der Waals surface area contributed by atoms with Crippen molar-refractivity contribution in [3.05, 3.63) is 35.5 Å². The van der Waals surface area contributed by atoms with Gasteiger partial charge < -0.3 is 4.90 Å². The van der Waals surface area contributed by atoms with Crippen molar-refractivity contribution in [1.82, 2.24) is 9.97 Å². The highest BCUT2D eigenvalue weighted by molar-refractivity contribution is 7.98. The van der Waals surface area contributed by atoms with Gasteiger partial charge in [-0.3, -0.25) is 0 Å². The first-order valence-electron chi connectivity index (χ1n) is 6.56. The van der Waals surface area contributed by atoms with Gasteiger partial charge in [-0.15, -0.1) is 11.8 Å². The third kappa shape index (κ3) is 2.40. The van der Waals surface area contributed by atoms with Gasteiger partial charge in [0.2, 0.25) is 0 Å². The molecule has 1 aromatic carbocycles. The Morgan fingerprint density at radius 2 is 2.00 bits per heavy atom. The molecule has 20 heavy (non-hydrogen) atoms. The zero-order chi connectivity index (χ0) is 14.1. The van der Waals surface area contributed by atoms with E-state index in [2.05, 4.69) is 47.3 Å². The maximum atomic E-state index is 4.72. The summed E-state index contributed by atoms with van der Waals surface area (Å²) in [6, 6.07) is 8.65. The normalized spacial score (nSPS) is 13.7. The van der Waals surface area contributed by atoms with E-state index in [1.807, 2.05) is 6.26 Å². The predicted octanol–water partition coefficient (Wildman–Crippen LogP) is 3.92. The Balaban J connectivity index is 2.05. The third-order valence-corrected chi connectivity index (χ3v) is 4.83. The summed E-state index contributed by atoms with van der Waals surface area (Å²) < 4.78 is 0. The fourth-order valence-corrected chi connectivity index (χ4v) is 3.38. The van der Waals surface area contributed by atoms with Crippen LogP contribution >= 0.6 is 23.5 Å². The van der Waals surface area contributed by atoms with Crippen LogP contribution in [-0.2, 0) is 6.42 Å². The van der Waals surface area contributed by atoms with Crippen LogP contribution in [-0.4, -0.2) is 29.0 Å². The summed E-state index contributed by atoms with van der Waals surface area (Å²) >= 11 is 3.37. The molecule has 5 heteroatoms. The lowest BCUT2D eigenvalue weighted by atomic mass is 10.2. The van der Waals surface area contributed by atoms with E-state index in [0.29, 0.717) is 0 Å². The SMILES string of the molecule is CSc1cccc(N2CCc3c(C)nc(SC)nc32)c1. The average molecular weight is 303 g/mol. The zero-order valence-electron chi connectivity index (χ0n) is 11.9. The minimum absolute atomic E-state index is 0.856. The van der Waals surface area contributed by atoms with E-state index in [0.717, 1.165) is 29.6 Å². The van der Waals surface area contributed by atoms with Gasteiger partial charge in [0.1, 0.15) is 5.82 Å². The Hall–Kier alpha value is -1.20. The molecule has 0 atom stereocenters. The molecule has 0 aliphatic carbocycles. The molecule has 0 saturated heterocycles. The molecule has 0 unspecified atom stereocenters. The van der Waals surface area contributed by atoms with Crippen LogP contribution in [0.25, 0.3) is 0 Å². The lowest BCUT2D eigenvalue weighted by molar-refractivity contribution is 0.918. The van der Waals surface area contributed by atoms with Crippen LogP contribution < -0.4 is 4.90 Å². The second-order valence-corrected chi connectivity index (χ2v) is 6.35. The van der Waals surface area contributed by atoms with Crippen LogP contribution in [0.3, 0.4) is 0 Å². The number of benzene rings is 1. The molecule has 0 fully saturated rings. The minimum Gasteiger partial charge on any atom is -0.326 e. The molecular formula is C15H17N3S2. The average Bonchev–Trinajstić information content (AvgIpc) is 2.91. The number of hydrogen-bond acceptors (Lipinski definition) is 5. The smallest absolute Gasteiger partial charge is 0.189 e. The van der Waals surface area contributed by atoms with Crippen molar-refractivity contribution in [3.63, 3.8) is 0 Å². The molecule has 0 amide bonds. The summed E-state index contributed by atoms with van der Waals surface area (Å²) in [7, 11) is 0. The zero-order valence-corrected chi connectivity index (χ0v) is 13.5. The Morgan fingerprint density at radius 1 is 1.15 bits per heavy atom. The predicted molar refractivity (Wildman–Crippen MR) is 87.5 cm³/mol. The molecule has 0 N–H and O–H groups in total. The lowest BCUT2D eigenvalue weighted by Crippen LogP contribution is -2.14. The van der Waals surface area contributed by atoms with E-state index in [1.165, 1.54) is 16.1 Å². The standard InChI is InChI=1S/C15H17N3S2/c1-10-13-7-8-18(14(13)17-15(16-10)20-3)11-5-4-6-12(9-11)19-2/h4-6,9H,7-8H2,1-3H3. The van der Waals surface area contributed by atoms with Gasteiger partial charge in [-0.25, -0.2) is 9.97 Å². The van der Waals surface area contributed by atoms with Crippen molar-refractivity contribution < 1.29 is 0 Å². The molecule has 0 saturated carbocycles. The third-order valence-electron chi connectivity index (χ3n) is 3.56. The van der Waals surface area contributed by atoms with Gasteiger partial charge in [0.25, 0.3) is 0 Å². The van der Waals surface area contributed by atoms with E-state index >= 15 is 0 Å². The molecule has 2 heterocycles. The second kappa shape index (κ2) is 5.66. The first-order valence-corrected chi connectivity index (χ1v) is 9.01. The van der Waals surface area contributed by atoms with Gasteiger partial charge in [-0.1, -0.05) is 17.8 Å². The highest BCUT2D eigenvalue weighted by Crippen LogP contribution is 2.36. The number of fused-ring (bicyclic) bond motifs is 1. The first kappa shape index (κ1) is 13.8. The number of aryl methyl sites for hydroxylation is 1. The summed E-state index contributed by atoms with van der Waals surface area (Å²) in [5.41, 5.74) is 3.63. The largest absolute Gasteiger partial charge is 0.326 e. The molecule has 1 aliphatic heterocycles. The maximum absolute atomic E-state index is 4.72. The fraction of sp³-hybridized carbons (Fsp3) is 0.333. The maximum Gasteiger partial charge on any atom is 0.189 e. The second-order valence-electron chi connectivity index (χ2n) is 4.70. The molecule has 2 aromatic rings. The van der Waals surface area contributed by atoms with Gasteiger partial charge in [-0.05, 0) is 44.1 Å². The fourth-order valence-electron chi connectivity index (χ4n) is 2.52. The summed E-state index contributed by atoms with van der Waals surface area (Å²) in [4.78, 5) is 12.9. The molecule has 0 bridgehead atoms. The molecule has 1 aromatic heterocycles. The van der Waals surface area contributed by atoms with Crippen molar-refractivity contribution >= 4 is 35.0 Å². The lowest BCUT2D eigenvalue weighted by Gasteiger charge is -2.19. The Bertz CT molecular complexity index is 643. The molecule has 104 valence electrons. The minimum atomic E-state index is 0.856. The highest BCUT2D eigenvalue weighted by atomic mass is 32.2. The van der Waals surface area contributed by atoms with Gasteiger partial charge in [-0.2, -0.15) is 0 Å². The van der Waals surface area contributed by atoms with Crippen molar-refractivity contribution in [2.75, 3.05) is 24.0 Å². The van der Waals surface area contributed by atoms with Gasteiger partial charge in [0.15, 0.2) is 5.16 Å². The van der Waals surface area contributed by atoms with E-state index in [9.17, 15) is 0 Å². The van der Waals surface area contributed by atoms with Crippen LogP contribution in [0, 0.1) is 6.92 Å². The van der Waals surface area contributed by atoms with Crippen molar-refractivity contribution in [1.29, 1.82) is 0 Å². The quantitative estimate of drug-likeness (QED) is 0.633. The monoisotopic (exact) mass is 303 g/mol. The van der Waals surface area contributed by atoms with Gasteiger partial charge in [0, 0.05) is 28.4 Å². The van der Waals surface area contributed by atoms with Crippen molar-refractivity contribution in [2.24, 2.45) is 0 Å². The number of thioether (sulfide) groups is 2. The Morgan fingerprint density at radius 3 is 2.75 bits per heavy atom. The van der Waals surface area contributed by atoms with Gasteiger partial charge in [0.05, 0.1) is 0 Å². The number of aromatic nitrogens is 2. The number of rotatable bonds is 3. The van der Waals surface area contributed by atoms with Crippen LogP contribution in [0.15, 0.2) is 34.3 Å². The van der Waals surface area contributed by atoms with Crippen molar-refractivity contribution in [3.8, 4) is 0 Å². The van der Waals surface area contributed by atoms with Crippen LogP contribution in [0.2, 0.25) is 0 Å². The van der Waals surface area contributed by atoms with Crippen LogP contribution in [0.1, 0.15) is 11.3 Å². The number of hydrogen-bond donors (Lipinski definition) is 0. The molecule has 0 radical (unpaired) electrons. The Kier molecular flexibility index (Phi) is 3.89. The molecule has 0 spiro atoms. The van der Waals surface area contributed by atoms with E-state index < -0.39 is 0 Å². The summed E-state index contributed by atoms with van der Waals surface area (Å²) in [6.07, 6.45) is 5.16. The van der Waals surface area contributed by atoms with E-state index in [4.69, 9.17) is 4.98 Å². The number of anilines is 2. The topological polar surface area (TPSA) is 29.0 Å². The summed E-state index contributed by atoms with van der Waals surface area (Å²) in [5.74, 6) is 1.08. The molecule has 3 nitrogen and oxygen atoms in total. The number of nitrogens with zero attached hydrogens (tertiary/aromatic N) is 3. The molecule has 1 aliphatic rings. The van der Waals surface area contributed by atoms with E-state index in [1.54, 1.807) is 23.5 Å². The highest BCUT2D eigenvalue weighted by Gasteiger charge is 2.25. The summed E-state index contributed by atoms with van der Waals surface area (Å²) in [5, 5.41) is 0.856.